The number of hydrogen-bond acceptors (Lipinski definition) is 22. The number of aromatic amines is 3. The highest BCUT2D eigenvalue weighted by Gasteiger charge is 2.31. The number of H-pyrrole nitrogens is 3. The number of amides is 1. The predicted molar refractivity (Wildman–Crippen MR) is 444 cm³/mol. The summed E-state index contributed by atoms with van der Waals surface area (Å²) in [6.07, 6.45) is 14.6. The summed E-state index contributed by atoms with van der Waals surface area (Å²) in [5.74, 6) is 4.08. The number of ether oxygens (including phenoxy) is 1. The number of carbonyl (C=O) groups is 1. The summed E-state index contributed by atoms with van der Waals surface area (Å²) in [6, 6.07) is 15.8. The molecule has 5 aliphatic heterocycles. The number of anilines is 10. The minimum Gasteiger partial charge on any atom is -0.379 e. The lowest BCUT2D eigenvalue weighted by atomic mass is 9.85. The van der Waals surface area contributed by atoms with Crippen molar-refractivity contribution in [2.75, 3.05) is 130 Å². The molecule has 11 heterocycles. The van der Waals surface area contributed by atoms with Crippen LogP contribution in [0, 0.1) is 59.0 Å². The summed E-state index contributed by atoms with van der Waals surface area (Å²) in [7, 11) is -6.37. The molecule has 36 heteroatoms. The molecule has 0 aliphatic carbocycles. The second-order valence-corrected chi connectivity index (χ2v) is 35.5. The van der Waals surface area contributed by atoms with E-state index in [0.717, 1.165) is 148 Å². The minimum atomic E-state index is -3.24. The molecule has 3 aromatic carbocycles. The average Bonchev–Trinajstić information content (AvgIpc) is 1.44. The second kappa shape index (κ2) is 39.5. The van der Waals surface area contributed by atoms with Gasteiger partial charge in [0.1, 0.15) is 38.3 Å². The van der Waals surface area contributed by atoms with Crippen molar-refractivity contribution in [1.29, 1.82) is 0 Å². The van der Waals surface area contributed by atoms with Crippen molar-refractivity contribution in [1.82, 2.24) is 83.8 Å². The minimum absolute atomic E-state index is 0.156. The average molecular weight is 1680 g/mol. The molecule has 0 unspecified atom stereocenters. The molecule has 0 bridgehead atoms. The van der Waals surface area contributed by atoms with E-state index in [2.05, 4.69) is 96.9 Å². The first-order chi connectivity index (χ1) is 55.2. The number of aromatic nitrogens is 12. The van der Waals surface area contributed by atoms with Crippen LogP contribution in [0.5, 0.6) is 0 Å². The van der Waals surface area contributed by atoms with Gasteiger partial charge in [0.05, 0.1) is 54.7 Å². The largest absolute Gasteiger partial charge is 0.379 e. The Bertz CT molecular complexity index is 5050. The number of nitrogens with zero attached hydrogens (tertiary/aromatic N) is 14. The highest BCUT2D eigenvalue weighted by atomic mass is 35.5. The zero-order valence-electron chi connectivity index (χ0n) is 66.0. The fourth-order valence-electron chi connectivity index (χ4n) is 15.4. The Morgan fingerprint density at radius 1 is 0.496 bits per heavy atom. The van der Waals surface area contributed by atoms with Gasteiger partial charge in [-0.15, -0.1) is 0 Å². The van der Waals surface area contributed by atoms with Gasteiger partial charge in [-0.25, -0.2) is 54.2 Å². The summed E-state index contributed by atoms with van der Waals surface area (Å²) >= 11 is 18.7. The first-order valence-electron chi connectivity index (χ1n) is 39.3. The number of morpholine rings is 1. The third kappa shape index (κ3) is 23.4. The van der Waals surface area contributed by atoms with Gasteiger partial charge in [-0.3, -0.25) is 20.1 Å². The van der Waals surface area contributed by atoms with Gasteiger partial charge in [-0.2, -0.15) is 29.6 Å². The molecular formula is C79H102Cl3F3N22O6S2. The molecule has 0 atom stereocenters. The van der Waals surface area contributed by atoms with Gasteiger partial charge in [0.15, 0.2) is 34.9 Å². The Hall–Kier alpha value is -8.64. The Morgan fingerprint density at radius 2 is 0.887 bits per heavy atom. The number of piperidine rings is 3. The number of hydrogen-bond donors (Lipinski definition) is 8. The quantitative estimate of drug-likeness (QED) is 0.0237. The first kappa shape index (κ1) is 85.7. The molecule has 115 heavy (non-hydrogen) atoms. The molecule has 0 spiro atoms. The van der Waals surface area contributed by atoms with E-state index in [1.165, 1.54) is 22.9 Å². The van der Waals surface area contributed by atoms with E-state index >= 15 is 13.2 Å². The van der Waals surface area contributed by atoms with Crippen LogP contribution in [0.2, 0.25) is 15.1 Å². The molecule has 8 N–H and O–H groups in total. The number of sulfonamides is 2. The second-order valence-electron chi connectivity index (χ2n) is 30.1. The highest BCUT2D eigenvalue weighted by molar-refractivity contribution is 7.89. The van der Waals surface area contributed by atoms with Gasteiger partial charge < -0.3 is 46.0 Å². The van der Waals surface area contributed by atoms with Crippen LogP contribution in [-0.4, -0.2) is 210 Å². The Kier molecular flexibility index (Phi) is 29.5. The molecule has 14 rings (SSSR count). The summed E-state index contributed by atoms with van der Waals surface area (Å²) < 4.78 is 104. The SMILES string of the molecule is CCCC(=O)N1CCC(c2cc(F)c(Nc3ncc(Cl)c(Nc4cc(C)[nH]n4)n3)cc2C)CC1.Cc1cc(Nc2nc(Cc3cc(C)c(C4CCN(CCCS(=O)(=O)N5CCCC5)CC4)cc3F)ncc2Cl)n[nH]1.Cc1cc(Nc2nc(Nc3cc(C)c(C4CCN(CCCS(=O)(=O)N5CCOCC5)CC4)cc3F)ncc2Cl)n[nH]1. The predicted octanol–water partition coefficient (Wildman–Crippen LogP) is 14.9. The van der Waals surface area contributed by atoms with E-state index < -0.39 is 20.0 Å². The summed E-state index contributed by atoms with van der Waals surface area (Å²) in [5, 5.41) is 37.0. The zero-order valence-corrected chi connectivity index (χ0v) is 69.9. The smallest absolute Gasteiger partial charge is 0.229 e. The van der Waals surface area contributed by atoms with Gasteiger partial charge in [0.2, 0.25) is 37.9 Å². The van der Waals surface area contributed by atoms with Crippen LogP contribution in [0.4, 0.5) is 71.3 Å². The molecule has 0 radical (unpaired) electrons. The molecule has 0 saturated carbocycles. The Labute approximate surface area is 685 Å². The van der Waals surface area contributed by atoms with E-state index in [4.69, 9.17) is 39.5 Å². The molecule has 5 fully saturated rings. The van der Waals surface area contributed by atoms with Crippen molar-refractivity contribution < 1.29 is 39.5 Å². The number of likely N-dealkylation sites (tertiary alicyclic amines) is 3. The zero-order chi connectivity index (χ0) is 81.5. The Morgan fingerprint density at radius 3 is 1.30 bits per heavy atom. The van der Waals surface area contributed by atoms with Gasteiger partial charge in [0.25, 0.3) is 0 Å². The monoisotopic (exact) mass is 1680 g/mol. The van der Waals surface area contributed by atoms with Gasteiger partial charge in [0, 0.05) is 87.4 Å². The molecule has 9 aromatic rings. The van der Waals surface area contributed by atoms with Crippen LogP contribution in [0.25, 0.3) is 0 Å². The molecular weight excluding hydrogens is 1580 g/mol. The first-order valence-corrected chi connectivity index (χ1v) is 43.7. The topological polar surface area (TPSA) is 334 Å². The van der Waals surface area contributed by atoms with Crippen molar-refractivity contribution in [2.24, 2.45) is 0 Å². The van der Waals surface area contributed by atoms with Crippen molar-refractivity contribution in [3.63, 3.8) is 0 Å². The number of aryl methyl sites for hydroxylation is 6. The molecule has 28 nitrogen and oxygen atoms in total. The maximum atomic E-state index is 15.3. The molecule has 5 aliphatic rings. The van der Waals surface area contributed by atoms with Crippen molar-refractivity contribution in [3.05, 3.63) is 168 Å². The fraction of sp³-hybridized carbons (Fsp3) is 0.494. The summed E-state index contributed by atoms with van der Waals surface area (Å²) in [5.41, 5.74) is 9.86. The molecule has 618 valence electrons. The van der Waals surface area contributed by atoms with E-state index in [1.807, 2.05) is 77.6 Å². The van der Waals surface area contributed by atoms with Crippen LogP contribution in [-0.2, 0) is 36.0 Å². The van der Waals surface area contributed by atoms with Crippen molar-refractivity contribution in [2.45, 2.75) is 150 Å². The van der Waals surface area contributed by atoms with Crippen molar-refractivity contribution >= 4 is 119 Å². The standard InChI is InChI=1S/C28H37ClFN7O2S.C27H36ClFN8O3S.C24H29ClFN7O/c1-19-14-22(16-26-31-18-24(29)28(32-26)33-27-15-20(2)34-35-27)25(30)17-23(19)21-6-11-36(12-7-21)8-5-13-40(38,39)37-9-3-4-10-37;1-18-14-24(31-27-30-17-22(28)26(33-27)32-25-15-19(2)34-35-25)23(29)16-21(18)20-4-7-36(8-5-20)6-3-13-41(38,39)37-9-11-40-12-10-37;1-4-5-22(34)33-8-6-16(7-9-33)17-12-19(26)20(10-14(17)2)28-24-27-13-18(25)23(30-24)29-21-11-15(3)31-32-21/h14-15,17-18,21H,3-13,16H2,1-2H3,(H2,31,32,33,34,35);14-17,20H,3-13H2,1-2H3,(H3,30,31,32,33,34,35);10-13,16H,4-9H2,1-3H3,(H3,27,28,29,30,31,32). The van der Waals surface area contributed by atoms with Crippen LogP contribution in [0.3, 0.4) is 0 Å². The van der Waals surface area contributed by atoms with Gasteiger partial charge in [-0.05, 0) is 238 Å². The Balaban J connectivity index is 0.000000160. The molecule has 6 aromatic heterocycles. The lowest BCUT2D eigenvalue weighted by molar-refractivity contribution is -0.132. The highest BCUT2D eigenvalue weighted by Crippen LogP contribution is 2.38. The normalized spacial score (nSPS) is 16.6. The van der Waals surface area contributed by atoms with Crippen molar-refractivity contribution in [3.8, 4) is 0 Å². The van der Waals surface area contributed by atoms with Crippen LogP contribution in [0.1, 0.15) is 164 Å². The molecule has 5 saturated heterocycles. The number of nitrogens with one attached hydrogen (secondary N) is 8. The van der Waals surface area contributed by atoms with Crippen LogP contribution in [0.15, 0.2) is 73.2 Å². The fourth-order valence-corrected chi connectivity index (χ4v) is 18.8. The van der Waals surface area contributed by atoms with Crippen LogP contribution < -0.4 is 26.6 Å². The summed E-state index contributed by atoms with van der Waals surface area (Å²) in [6.45, 7) is 23.2. The lowest BCUT2D eigenvalue weighted by Crippen LogP contribution is -2.42. The third-order valence-corrected chi connectivity index (χ3v) is 26.3. The number of benzene rings is 3. The number of rotatable bonds is 27. The number of halogens is 6. The third-order valence-electron chi connectivity index (χ3n) is 21.5. The maximum Gasteiger partial charge on any atom is 0.229 e. The van der Waals surface area contributed by atoms with Gasteiger partial charge >= 0.3 is 0 Å². The van der Waals surface area contributed by atoms with E-state index in [1.54, 1.807) is 34.6 Å². The van der Waals surface area contributed by atoms with E-state index in [9.17, 15) is 21.6 Å². The van der Waals surface area contributed by atoms with Gasteiger partial charge in [-0.1, -0.05) is 47.8 Å². The maximum absolute atomic E-state index is 15.3. The van der Waals surface area contributed by atoms with E-state index in [-0.39, 0.29) is 76.6 Å². The summed E-state index contributed by atoms with van der Waals surface area (Å²) in [4.78, 5) is 44.7. The molecule has 1 amide bonds. The van der Waals surface area contributed by atoms with E-state index in [0.29, 0.717) is 139 Å². The van der Waals surface area contributed by atoms with Crippen LogP contribution >= 0.6 is 34.8 Å². The number of carbonyl (C=O) groups excluding carboxylic acids is 1. The lowest BCUT2D eigenvalue weighted by Gasteiger charge is -2.33.